The third-order valence-electron chi connectivity index (χ3n) is 3.81. The van der Waals surface area contributed by atoms with Gasteiger partial charge in [-0.25, -0.2) is 4.98 Å². The van der Waals surface area contributed by atoms with Crippen LogP contribution in [0.2, 0.25) is 0 Å². The van der Waals surface area contributed by atoms with Crippen LogP contribution >= 0.6 is 0 Å². The first kappa shape index (κ1) is 17.3. The predicted octanol–water partition coefficient (Wildman–Crippen LogP) is 3.76. The molecule has 2 aromatic rings. The van der Waals surface area contributed by atoms with Crippen molar-refractivity contribution in [2.45, 2.75) is 39.2 Å². The van der Waals surface area contributed by atoms with Crippen molar-refractivity contribution in [2.75, 3.05) is 16.8 Å². The Hall–Kier alpha value is -2.51. The summed E-state index contributed by atoms with van der Waals surface area (Å²) in [5.74, 6) is 1.08. The van der Waals surface area contributed by atoms with Crippen LogP contribution in [-0.2, 0) is 13.0 Å². The number of hydrogen-bond donors (Lipinski definition) is 1. The van der Waals surface area contributed by atoms with E-state index in [4.69, 9.17) is 0 Å². The second-order valence-electron chi connectivity index (χ2n) is 6.19. The first-order valence-electron chi connectivity index (χ1n) is 8.02. The molecule has 3 rings (SSSR count). The van der Waals surface area contributed by atoms with Crippen molar-refractivity contribution in [3.63, 3.8) is 0 Å². The van der Waals surface area contributed by atoms with Crippen LogP contribution in [0.1, 0.15) is 25.0 Å². The molecule has 0 spiro atoms. The van der Waals surface area contributed by atoms with E-state index in [1.54, 1.807) is 18.3 Å². The number of benzene rings is 1. The molecule has 0 atom stereocenters. The topological polar surface area (TPSA) is 50.3 Å². The standard InChI is InChI=1S/C17H19F3N4O/c1-11(2)22-16-21-7-5-15(23-16)24-8-6-12-3-4-14(9-13(12)10-24)25-17(18,19)20/h3-5,7,9,11H,6,8,10H2,1-2H3,(H,21,22,23). The third kappa shape index (κ3) is 4.52. The Balaban J connectivity index is 1.79. The summed E-state index contributed by atoms with van der Waals surface area (Å²) in [7, 11) is 0. The first-order chi connectivity index (χ1) is 11.8. The molecular weight excluding hydrogens is 333 g/mol. The van der Waals surface area contributed by atoms with E-state index in [0.717, 1.165) is 29.9 Å². The lowest BCUT2D eigenvalue weighted by Crippen LogP contribution is -2.31. The lowest BCUT2D eigenvalue weighted by molar-refractivity contribution is -0.274. The molecule has 1 aliphatic heterocycles. The van der Waals surface area contributed by atoms with Crippen molar-refractivity contribution in [1.82, 2.24) is 9.97 Å². The summed E-state index contributed by atoms with van der Waals surface area (Å²) in [4.78, 5) is 10.7. The van der Waals surface area contributed by atoms with Gasteiger partial charge in [0.1, 0.15) is 11.6 Å². The zero-order valence-corrected chi connectivity index (χ0v) is 14.0. The highest BCUT2D eigenvalue weighted by Gasteiger charge is 2.31. The fourth-order valence-corrected chi connectivity index (χ4v) is 2.78. The number of anilines is 2. The first-order valence-corrected chi connectivity index (χ1v) is 8.02. The van der Waals surface area contributed by atoms with Gasteiger partial charge in [-0.15, -0.1) is 13.2 Å². The molecule has 0 fully saturated rings. The van der Waals surface area contributed by atoms with Gasteiger partial charge in [0.15, 0.2) is 0 Å². The summed E-state index contributed by atoms with van der Waals surface area (Å²) in [6, 6.07) is 6.51. The largest absolute Gasteiger partial charge is 0.573 e. The van der Waals surface area contributed by atoms with Gasteiger partial charge in [0.25, 0.3) is 0 Å². The van der Waals surface area contributed by atoms with Crippen molar-refractivity contribution < 1.29 is 17.9 Å². The fraction of sp³-hybridized carbons (Fsp3) is 0.412. The van der Waals surface area contributed by atoms with Gasteiger partial charge in [-0.1, -0.05) is 6.07 Å². The molecule has 5 nitrogen and oxygen atoms in total. The molecule has 2 heterocycles. The smallest absolute Gasteiger partial charge is 0.406 e. The quantitative estimate of drug-likeness (QED) is 0.908. The second kappa shape index (κ2) is 6.78. The number of halogens is 3. The lowest BCUT2D eigenvalue weighted by Gasteiger charge is -2.30. The zero-order chi connectivity index (χ0) is 18.0. The number of fused-ring (bicyclic) bond motifs is 1. The van der Waals surface area contributed by atoms with Gasteiger partial charge in [-0.3, -0.25) is 0 Å². The normalized spacial score (nSPS) is 14.4. The summed E-state index contributed by atoms with van der Waals surface area (Å²) in [6.07, 6.45) is -2.28. The molecule has 1 aromatic carbocycles. The summed E-state index contributed by atoms with van der Waals surface area (Å²) in [6.45, 7) is 5.21. The van der Waals surface area contributed by atoms with Gasteiger partial charge in [0, 0.05) is 25.3 Å². The summed E-state index contributed by atoms with van der Waals surface area (Å²) >= 11 is 0. The summed E-state index contributed by atoms with van der Waals surface area (Å²) < 4.78 is 41.2. The highest BCUT2D eigenvalue weighted by atomic mass is 19.4. The second-order valence-corrected chi connectivity index (χ2v) is 6.19. The Kier molecular flexibility index (Phi) is 4.69. The Morgan fingerprint density at radius 2 is 2.00 bits per heavy atom. The highest BCUT2D eigenvalue weighted by molar-refractivity contribution is 5.48. The van der Waals surface area contributed by atoms with Gasteiger partial charge in [-0.2, -0.15) is 4.98 Å². The van der Waals surface area contributed by atoms with Crippen LogP contribution in [0.4, 0.5) is 24.9 Å². The predicted molar refractivity (Wildman–Crippen MR) is 88.7 cm³/mol. The van der Waals surface area contributed by atoms with Crippen LogP contribution in [0.25, 0.3) is 0 Å². The third-order valence-corrected chi connectivity index (χ3v) is 3.81. The molecule has 1 N–H and O–H groups in total. The maximum atomic E-state index is 12.4. The molecule has 25 heavy (non-hydrogen) atoms. The van der Waals surface area contributed by atoms with E-state index in [2.05, 4.69) is 20.0 Å². The number of aromatic nitrogens is 2. The van der Waals surface area contributed by atoms with Gasteiger partial charge in [0.05, 0.1) is 0 Å². The van der Waals surface area contributed by atoms with E-state index in [1.165, 1.54) is 12.1 Å². The van der Waals surface area contributed by atoms with Crippen LogP contribution in [0.15, 0.2) is 30.5 Å². The maximum Gasteiger partial charge on any atom is 0.573 e. The van der Waals surface area contributed by atoms with Gasteiger partial charge in [-0.05, 0) is 49.6 Å². The highest BCUT2D eigenvalue weighted by Crippen LogP contribution is 2.29. The molecule has 1 aromatic heterocycles. The van der Waals surface area contributed by atoms with E-state index in [0.29, 0.717) is 12.5 Å². The molecule has 0 bridgehead atoms. The molecule has 0 radical (unpaired) electrons. The van der Waals surface area contributed by atoms with Crippen LogP contribution in [-0.4, -0.2) is 28.9 Å². The van der Waals surface area contributed by atoms with Gasteiger partial charge >= 0.3 is 6.36 Å². The van der Waals surface area contributed by atoms with Crippen LogP contribution < -0.4 is 15.0 Å². The molecule has 0 saturated carbocycles. The van der Waals surface area contributed by atoms with Crippen LogP contribution in [0.3, 0.4) is 0 Å². The Morgan fingerprint density at radius 3 is 2.72 bits per heavy atom. The van der Waals surface area contributed by atoms with E-state index in [9.17, 15) is 13.2 Å². The Labute approximate surface area is 143 Å². The lowest BCUT2D eigenvalue weighted by atomic mass is 9.99. The minimum Gasteiger partial charge on any atom is -0.406 e. The molecule has 0 saturated heterocycles. The van der Waals surface area contributed by atoms with Crippen molar-refractivity contribution in [1.29, 1.82) is 0 Å². The SMILES string of the molecule is CC(C)Nc1nccc(N2CCc3ccc(OC(F)(F)F)cc3C2)n1. The molecule has 134 valence electrons. The number of ether oxygens (including phenoxy) is 1. The molecule has 1 aliphatic rings. The van der Waals surface area contributed by atoms with Gasteiger partial charge in [0.2, 0.25) is 5.95 Å². The maximum absolute atomic E-state index is 12.4. The minimum absolute atomic E-state index is 0.196. The number of alkyl halides is 3. The fourth-order valence-electron chi connectivity index (χ4n) is 2.78. The Morgan fingerprint density at radius 1 is 1.20 bits per heavy atom. The zero-order valence-electron chi connectivity index (χ0n) is 14.0. The summed E-state index contributed by atoms with van der Waals surface area (Å²) in [5, 5.41) is 3.14. The number of nitrogens with zero attached hydrogens (tertiary/aromatic N) is 3. The van der Waals surface area contributed by atoms with Crippen molar-refractivity contribution in [3.05, 3.63) is 41.6 Å². The average molecular weight is 352 g/mol. The molecule has 0 amide bonds. The van der Waals surface area contributed by atoms with Crippen LogP contribution in [0, 0.1) is 0 Å². The number of nitrogens with one attached hydrogen (secondary N) is 1. The summed E-state index contributed by atoms with van der Waals surface area (Å²) in [5.41, 5.74) is 1.84. The Bertz CT molecular complexity index is 749. The molecular formula is C17H19F3N4O. The minimum atomic E-state index is -4.69. The van der Waals surface area contributed by atoms with E-state index in [-0.39, 0.29) is 11.8 Å². The average Bonchev–Trinajstić information content (AvgIpc) is 2.52. The molecule has 0 aliphatic carbocycles. The van der Waals surface area contributed by atoms with E-state index < -0.39 is 6.36 Å². The number of rotatable bonds is 4. The monoisotopic (exact) mass is 352 g/mol. The number of hydrogen-bond acceptors (Lipinski definition) is 5. The molecule has 8 heteroatoms. The van der Waals surface area contributed by atoms with Crippen LogP contribution in [0.5, 0.6) is 5.75 Å². The van der Waals surface area contributed by atoms with Gasteiger partial charge < -0.3 is 15.0 Å². The van der Waals surface area contributed by atoms with Crippen molar-refractivity contribution in [3.8, 4) is 5.75 Å². The van der Waals surface area contributed by atoms with E-state index in [1.807, 2.05) is 18.7 Å². The van der Waals surface area contributed by atoms with Crippen molar-refractivity contribution >= 4 is 11.8 Å². The van der Waals surface area contributed by atoms with Crippen molar-refractivity contribution in [2.24, 2.45) is 0 Å². The molecule has 0 unspecified atom stereocenters. The van der Waals surface area contributed by atoms with E-state index >= 15 is 0 Å².